The largest absolute Gasteiger partial charge is 0.490 e. The molecule has 8 amide bonds. The van der Waals surface area contributed by atoms with Gasteiger partial charge in [0.15, 0.2) is 29.2 Å². The van der Waals surface area contributed by atoms with Gasteiger partial charge in [-0.15, -0.1) is 0 Å². The Bertz CT molecular complexity index is 3120. The maximum absolute atomic E-state index is 14.5. The molecule has 22 nitrogen and oxygen atoms in total. The van der Waals surface area contributed by atoms with E-state index in [-0.39, 0.29) is 98.3 Å². The van der Waals surface area contributed by atoms with Crippen LogP contribution in [0.3, 0.4) is 0 Å². The Balaban J connectivity index is 0.833. The molecule has 2 fully saturated rings. The molecule has 0 aliphatic carbocycles. The van der Waals surface area contributed by atoms with Crippen LogP contribution in [0.2, 0.25) is 0 Å². The average molecular weight is 1170 g/mol. The molecule has 0 saturated carbocycles. The number of anilines is 2. The number of imide groups is 1. The molecule has 6 heterocycles. The lowest BCUT2D eigenvalue weighted by Gasteiger charge is -2.31. The molecular weight excluding hydrogens is 1090 g/mol. The van der Waals surface area contributed by atoms with E-state index in [1.807, 2.05) is 0 Å². The molecule has 5 atom stereocenters. The predicted molar refractivity (Wildman–Crippen MR) is 315 cm³/mol. The normalized spacial score (nSPS) is 20.7. The first-order chi connectivity index (χ1) is 40.9. The number of hydrogen-bond donors (Lipinski definition) is 4. The number of carbonyl (C=O) groups excluding carboxylic acids is 8. The molecule has 0 radical (unpaired) electrons. The molecule has 0 spiro atoms. The molecule has 3 aromatic rings. The lowest BCUT2D eigenvalue weighted by molar-refractivity contribution is -0.137. The zero-order valence-electron chi connectivity index (χ0n) is 48.6. The highest BCUT2D eigenvalue weighted by Crippen LogP contribution is 2.43. The van der Waals surface area contributed by atoms with Crippen molar-refractivity contribution in [2.75, 3.05) is 56.3 Å². The Morgan fingerprint density at radius 1 is 0.694 bits per heavy atom. The van der Waals surface area contributed by atoms with Gasteiger partial charge >= 0.3 is 6.09 Å². The molecule has 452 valence electrons. The predicted octanol–water partition coefficient (Wildman–Crippen LogP) is 7.45. The van der Waals surface area contributed by atoms with Gasteiger partial charge in [0, 0.05) is 68.7 Å². The standard InChI is InChI=1S/C63H76N8O14/c1-38(2)57(67-54(72)16-11-10-12-23-68-55(73)21-22-56(68)74)59(76)65-41(5)58(75)66-43-19-17-42(18-20-43)37-85-63(80)71-48-33-53-51(31-46(48)61(78)70-36-40(4)29-49(70)62(71)79)82-25-14-9-7-6-8-13-24-81-50-30-45-47(32-52(50)83-26-15-27-84-53)64-34-44-28-39(3)35-69(44)60(45)77/h17-22,30-34,38,41,44,49,57,62,79H,3-4,6-16,23-29,35-37H2,1-2,5H3,(H,65,76)(H,66,75)(H,67,72)/t41-,44+,49+,57?,62?/m0/s1. The number of unbranched alkanes of at least 4 members (excludes halogenated alkanes) is 2. The number of rotatable bonds is 14. The van der Waals surface area contributed by atoms with Crippen molar-refractivity contribution < 1.29 is 67.1 Å². The molecular formula is C63H76N8O14. The van der Waals surface area contributed by atoms with Gasteiger partial charge in [0.05, 0.1) is 61.0 Å². The monoisotopic (exact) mass is 1170 g/mol. The van der Waals surface area contributed by atoms with Crippen molar-refractivity contribution in [2.45, 2.75) is 141 Å². The zero-order chi connectivity index (χ0) is 60.3. The highest BCUT2D eigenvalue weighted by atomic mass is 16.6. The number of fused-ring (bicyclic) bond motifs is 6. The van der Waals surface area contributed by atoms with Gasteiger partial charge in [0.2, 0.25) is 17.7 Å². The van der Waals surface area contributed by atoms with E-state index in [0.717, 1.165) is 53.9 Å². The second kappa shape index (κ2) is 27.9. The second-order valence-electron chi connectivity index (χ2n) is 22.7. The van der Waals surface area contributed by atoms with Crippen LogP contribution >= 0.6 is 0 Å². The first kappa shape index (κ1) is 61.0. The van der Waals surface area contributed by atoms with Gasteiger partial charge < -0.3 is 54.5 Å². The van der Waals surface area contributed by atoms with Crippen LogP contribution in [0.25, 0.3) is 0 Å². The quantitative estimate of drug-likeness (QED) is 0.0694. The van der Waals surface area contributed by atoms with Gasteiger partial charge in [0.1, 0.15) is 18.7 Å². The van der Waals surface area contributed by atoms with Crippen LogP contribution in [-0.2, 0) is 35.3 Å². The number of aliphatic hydroxyl groups is 1. The first-order valence-corrected chi connectivity index (χ1v) is 29.5. The Hall–Kier alpha value is -8.53. The molecule has 22 heteroatoms. The maximum Gasteiger partial charge on any atom is 0.416 e. The van der Waals surface area contributed by atoms with Crippen LogP contribution in [-0.4, -0.2) is 150 Å². The highest BCUT2D eigenvalue weighted by molar-refractivity contribution is 6.13. The van der Waals surface area contributed by atoms with Crippen LogP contribution < -0.4 is 39.8 Å². The van der Waals surface area contributed by atoms with Crippen molar-refractivity contribution in [1.82, 2.24) is 25.3 Å². The van der Waals surface area contributed by atoms with Crippen molar-refractivity contribution in [3.63, 3.8) is 0 Å². The molecule has 6 aliphatic heterocycles. The SMILES string of the molecule is C=C1C[C@@H]2C(O)N(C(=O)OCc3ccc(NC(=O)[C@H](C)NC(=O)C(NC(=O)CCCCCN4C(=O)C=CC4=O)C(C)C)cc3)c3cc4c(cc3C(=O)N2C1)OCCCCCCCCOc1cc2c(cc1OCCCO4)N=C[C@H]1CC(=C)CN1C2=O. The van der Waals surface area contributed by atoms with E-state index in [1.54, 1.807) is 67.4 Å². The van der Waals surface area contributed by atoms with E-state index in [9.17, 15) is 43.5 Å². The Morgan fingerprint density at radius 3 is 1.95 bits per heavy atom. The lowest BCUT2D eigenvalue weighted by Crippen LogP contribution is -2.53. The molecule has 85 heavy (non-hydrogen) atoms. The second-order valence-corrected chi connectivity index (χ2v) is 22.7. The smallest absolute Gasteiger partial charge is 0.416 e. The number of aliphatic imine (C=N–C) groups is 1. The van der Waals surface area contributed by atoms with E-state index >= 15 is 0 Å². The number of amides is 8. The van der Waals surface area contributed by atoms with E-state index in [4.69, 9.17) is 28.7 Å². The fourth-order valence-electron chi connectivity index (χ4n) is 11.1. The third kappa shape index (κ3) is 14.9. The minimum Gasteiger partial charge on any atom is -0.490 e. The van der Waals surface area contributed by atoms with E-state index < -0.39 is 48.2 Å². The van der Waals surface area contributed by atoms with Gasteiger partial charge in [0.25, 0.3) is 23.6 Å². The zero-order valence-corrected chi connectivity index (χ0v) is 48.6. The molecule has 0 bridgehead atoms. The average Bonchev–Trinajstić information content (AvgIpc) is 2.74. The first-order valence-electron chi connectivity index (χ1n) is 29.5. The number of carbonyl (C=O) groups is 8. The number of ether oxygens (including phenoxy) is 5. The highest BCUT2D eigenvalue weighted by Gasteiger charge is 2.46. The fraction of sp³-hybridized carbons (Fsp3) is 0.476. The number of benzene rings is 3. The molecule has 3 aromatic carbocycles. The third-order valence-electron chi connectivity index (χ3n) is 15.8. The van der Waals surface area contributed by atoms with Crippen LogP contribution in [0.15, 0.2) is 90.0 Å². The van der Waals surface area contributed by atoms with Crippen LogP contribution in [0.1, 0.15) is 131 Å². The fourth-order valence-corrected chi connectivity index (χ4v) is 11.1. The van der Waals surface area contributed by atoms with Gasteiger partial charge in [-0.1, -0.05) is 82.4 Å². The Morgan fingerprint density at radius 2 is 1.28 bits per heavy atom. The van der Waals surface area contributed by atoms with Crippen LogP contribution in [0.4, 0.5) is 21.9 Å². The van der Waals surface area contributed by atoms with Crippen molar-refractivity contribution in [1.29, 1.82) is 0 Å². The van der Waals surface area contributed by atoms with Gasteiger partial charge in [-0.2, -0.15) is 0 Å². The summed E-state index contributed by atoms with van der Waals surface area (Å²) in [5, 5.41) is 20.3. The summed E-state index contributed by atoms with van der Waals surface area (Å²) in [7, 11) is 0. The van der Waals surface area contributed by atoms with Gasteiger partial charge in [-0.25, -0.2) is 9.69 Å². The summed E-state index contributed by atoms with van der Waals surface area (Å²) >= 11 is 0. The van der Waals surface area contributed by atoms with Gasteiger partial charge in [-0.3, -0.25) is 43.5 Å². The number of hydrogen-bond acceptors (Lipinski definition) is 15. The van der Waals surface area contributed by atoms with Crippen LogP contribution in [0.5, 0.6) is 23.0 Å². The lowest BCUT2D eigenvalue weighted by atomic mass is 10.0. The minimum atomic E-state index is -1.55. The molecule has 2 saturated heterocycles. The molecule has 2 unspecified atom stereocenters. The topological polar surface area (TPSA) is 264 Å². The summed E-state index contributed by atoms with van der Waals surface area (Å²) < 4.78 is 31.2. The molecule has 4 N–H and O–H groups in total. The third-order valence-corrected chi connectivity index (χ3v) is 15.8. The van der Waals surface area contributed by atoms with Gasteiger partial charge in [-0.05, 0) is 81.2 Å². The number of nitrogens with zero attached hydrogens (tertiary/aromatic N) is 5. The summed E-state index contributed by atoms with van der Waals surface area (Å²) in [6.07, 6.45) is 10.1. The van der Waals surface area contributed by atoms with Crippen molar-refractivity contribution in [3.05, 3.63) is 102 Å². The Labute approximate surface area is 494 Å². The van der Waals surface area contributed by atoms with E-state index in [1.165, 1.54) is 30.0 Å². The molecule has 6 aliphatic rings. The van der Waals surface area contributed by atoms with Crippen LogP contribution in [0, 0.1) is 5.92 Å². The summed E-state index contributed by atoms with van der Waals surface area (Å²) in [6.45, 7) is 15.0. The van der Waals surface area contributed by atoms with Crippen molar-refractivity contribution in [3.8, 4) is 23.0 Å². The summed E-state index contributed by atoms with van der Waals surface area (Å²) in [5.74, 6) is -1.56. The van der Waals surface area contributed by atoms with E-state index in [0.29, 0.717) is 97.2 Å². The van der Waals surface area contributed by atoms with Crippen molar-refractivity contribution in [2.24, 2.45) is 10.9 Å². The molecule has 0 aromatic heterocycles. The summed E-state index contributed by atoms with van der Waals surface area (Å²) in [4.78, 5) is 116. The van der Waals surface area contributed by atoms with E-state index in [2.05, 4.69) is 29.1 Å². The number of nitrogens with one attached hydrogen (secondary N) is 3. The Kier molecular flexibility index (Phi) is 20.0. The minimum absolute atomic E-state index is 0.0605. The number of aliphatic hydroxyl groups excluding tert-OH is 1. The molecule has 9 rings (SSSR count). The van der Waals surface area contributed by atoms with Crippen molar-refractivity contribution >= 4 is 70.7 Å². The summed E-state index contributed by atoms with van der Waals surface area (Å²) in [6, 6.07) is 10.1. The summed E-state index contributed by atoms with van der Waals surface area (Å²) in [5.41, 5.74) is 3.69. The maximum atomic E-state index is 14.5.